The fraction of sp³-hybridized carbons (Fsp3) is 0.400. The van der Waals surface area contributed by atoms with Crippen LogP contribution in [0, 0.1) is 0 Å². The molecule has 0 radical (unpaired) electrons. The molecule has 0 fully saturated rings. The fourth-order valence-corrected chi connectivity index (χ4v) is 1.50. The molecular weight excluding hydrogens is 216 g/mol. The van der Waals surface area contributed by atoms with Crippen LogP contribution >= 0.6 is 15.9 Å². The van der Waals surface area contributed by atoms with Crippen LogP contribution < -0.4 is 0 Å². The monoisotopic (exact) mass is 228 g/mol. The topological polar surface area (TPSA) is 20.2 Å². The predicted octanol–water partition coefficient (Wildman–Crippen LogP) is 2.51. The van der Waals surface area contributed by atoms with E-state index < -0.39 is 0 Å². The number of benzene rings is 1. The molecule has 0 amide bonds. The predicted molar refractivity (Wildman–Crippen MR) is 54.5 cm³/mol. The Morgan fingerprint density at radius 3 is 2.67 bits per heavy atom. The standard InChI is InChI=1S/C10H13BrO/c11-8-10-4-1-3-9(7-10)5-2-6-12/h1,3-4,7,12H,2,5-6,8H2. The average molecular weight is 229 g/mol. The molecular formula is C10H13BrO. The van der Waals surface area contributed by atoms with Crippen molar-refractivity contribution in [3.8, 4) is 0 Å². The molecule has 0 atom stereocenters. The van der Waals surface area contributed by atoms with Crippen LogP contribution in [-0.4, -0.2) is 11.7 Å². The van der Waals surface area contributed by atoms with Crippen LogP contribution in [0.3, 0.4) is 0 Å². The first-order valence-corrected chi connectivity index (χ1v) is 5.23. The molecule has 0 aliphatic heterocycles. The Labute approximate surface area is 81.6 Å². The molecule has 0 spiro atoms. The molecule has 0 saturated heterocycles. The van der Waals surface area contributed by atoms with Crippen molar-refractivity contribution in [2.45, 2.75) is 18.2 Å². The highest BCUT2D eigenvalue weighted by Gasteiger charge is 1.94. The van der Waals surface area contributed by atoms with Gasteiger partial charge in [-0.2, -0.15) is 0 Å². The van der Waals surface area contributed by atoms with Gasteiger partial charge in [0, 0.05) is 11.9 Å². The second kappa shape index (κ2) is 5.33. The summed E-state index contributed by atoms with van der Waals surface area (Å²) < 4.78 is 0. The Morgan fingerprint density at radius 2 is 2.00 bits per heavy atom. The number of alkyl halides is 1. The Morgan fingerprint density at radius 1 is 1.25 bits per heavy atom. The first-order chi connectivity index (χ1) is 5.86. The number of aliphatic hydroxyl groups is 1. The summed E-state index contributed by atoms with van der Waals surface area (Å²) in [6.45, 7) is 0.276. The van der Waals surface area contributed by atoms with Crippen molar-refractivity contribution < 1.29 is 5.11 Å². The van der Waals surface area contributed by atoms with E-state index in [2.05, 4.69) is 40.2 Å². The summed E-state index contributed by atoms with van der Waals surface area (Å²) in [5.74, 6) is 0. The molecule has 2 heteroatoms. The van der Waals surface area contributed by atoms with Gasteiger partial charge >= 0.3 is 0 Å². The van der Waals surface area contributed by atoms with Gasteiger partial charge in [-0.05, 0) is 24.0 Å². The molecule has 0 aromatic heterocycles. The van der Waals surface area contributed by atoms with Crippen molar-refractivity contribution in [2.24, 2.45) is 0 Å². The van der Waals surface area contributed by atoms with Gasteiger partial charge in [-0.3, -0.25) is 0 Å². The average Bonchev–Trinajstić information content (AvgIpc) is 2.15. The molecule has 12 heavy (non-hydrogen) atoms. The minimum Gasteiger partial charge on any atom is -0.396 e. The number of rotatable bonds is 4. The van der Waals surface area contributed by atoms with Crippen LogP contribution in [0.25, 0.3) is 0 Å². The molecule has 1 rings (SSSR count). The highest BCUT2D eigenvalue weighted by atomic mass is 79.9. The lowest BCUT2D eigenvalue weighted by molar-refractivity contribution is 0.288. The van der Waals surface area contributed by atoms with Crippen molar-refractivity contribution in [3.05, 3.63) is 35.4 Å². The minimum atomic E-state index is 0.276. The Bertz CT molecular complexity index is 235. The summed E-state index contributed by atoms with van der Waals surface area (Å²) in [7, 11) is 0. The molecule has 1 aromatic carbocycles. The van der Waals surface area contributed by atoms with Crippen LogP contribution in [0.2, 0.25) is 0 Å². The van der Waals surface area contributed by atoms with E-state index in [0.29, 0.717) is 0 Å². The molecule has 0 bridgehead atoms. The molecule has 0 saturated carbocycles. The SMILES string of the molecule is OCCCc1cccc(CBr)c1. The maximum Gasteiger partial charge on any atom is 0.0434 e. The largest absolute Gasteiger partial charge is 0.396 e. The quantitative estimate of drug-likeness (QED) is 0.786. The molecule has 1 N–H and O–H groups in total. The third-order valence-electron chi connectivity index (χ3n) is 1.77. The van der Waals surface area contributed by atoms with Crippen LogP contribution in [0.4, 0.5) is 0 Å². The zero-order valence-electron chi connectivity index (χ0n) is 6.96. The zero-order chi connectivity index (χ0) is 8.81. The third-order valence-corrected chi connectivity index (χ3v) is 2.42. The summed E-state index contributed by atoms with van der Waals surface area (Å²) in [6.07, 6.45) is 1.82. The summed E-state index contributed by atoms with van der Waals surface area (Å²) in [5.41, 5.74) is 2.60. The first kappa shape index (κ1) is 9.75. The lowest BCUT2D eigenvalue weighted by Crippen LogP contribution is -1.90. The van der Waals surface area contributed by atoms with Crippen LogP contribution in [-0.2, 0) is 11.8 Å². The maximum absolute atomic E-state index is 8.64. The fourth-order valence-electron chi connectivity index (χ4n) is 1.15. The lowest BCUT2D eigenvalue weighted by Gasteiger charge is -2.01. The summed E-state index contributed by atoms with van der Waals surface area (Å²) in [5, 5.41) is 9.55. The second-order valence-corrected chi connectivity index (χ2v) is 3.34. The molecule has 0 heterocycles. The number of hydrogen-bond acceptors (Lipinski definition) is 1. The van der Waals surface area contributed by atoms with Crippen LogP contribution in [0.5, 0.6) is 0 Å². The Hall–Kier alpha value is -0.340. The van der Waals surface area contributed by atoms with E-state index in [1.807, 2.05) is 0 Å². The second-order valence-electron chi connectivity index (χ2n) is 2.78. The van der Waals surface area contributed by atoms with Crippen LogP contribution in [0.15, 0.2) is 24.3 Å². The van der Waals surface area contributed by atoms with E-state index in [1.165, 1.54) is 11.1 Å². The Kier molecular flexibility index (Phi) is 4.33. The van der Waals surface area contributed by atoms with Gasteiger partial charge in [0.2, 0.25) is 0 Å². The summed E-state index contributed by atoms with van der Waals surface area (Å²) >= 11 is 3.41. The van der Waals surface area contributed by atoms with Gasteiger partial charge < -0.3 is 5.11 Å². The van der Waals surface area contributed by atoms with Gasteiger partial charge in [-0.1, -0.05) is 40.2 Å². The Balaban J connectivity index is 2.60. The van der Waals surface area contributed by atoms with Crippen molar-refractivity contribution in [1.82, 2.24) is 0 Å². The number of halogens is 1. The number of hydrogen-bond donors (Lipinski definition) is 1. The molecule has 1 aromatic rings. The summed E-state index contributed by atoms with van der Waals surface area (Å²) in [4.78, 5) is 0. The zero-order valence-corrected chi connectivity index (χ0v) is 8.55. The van der Waals surface area contributed by atoms with Gasteiger partial charge in [0.1, 0.15) is 0 Å². The van der Waals surface area contributed by atoms with Gasteiger partial charge in [0.25, 0.3) is 0 Å². The van der Waals surface area contributed by atoms with Gasteiger partial charge in [0.05, 0.1) is 0 Å². The lowest BCUT2D eigenvalue weighted by atomic mass is 10.1. The van der Waals surface area contributed by atoms with Crippen molar-refractivity contribution >= 4 is 15.9 Å². The van der Waals surface area contributed by atoms with Gasteiger partial charge in [0.15, 0.2) is 0 Å². The first-order valence-electron chi connectivity index (χ1n) is 4.11. The summed E-state index contributed by atoms with van der Waals surface area (Å²) in [6, 6.07) is 8.42. The van der Waals surface area contributed by atoms with Gasteiger partial charge in [-0.25, -0.2) is 0 Å². The molecule has 0 aliphatic rings. The third kappa shape index (κ3) is 2.95. The molecule has 1 nitrogen and oxygen atoms in total. The minimum absolute atomic E-state index is 0.276. The maximum atomic E-state index is 8.64. The van der Waals surface area contributed by atoms with E-state index in [9.17, 15) is 0 Å². The van der Waals surface area contributed by atoms with E-state index in [0.717, 1.165) is 18.2 Å². The highest BCUT2D eigenvalue weighted by molar-refractivity contribution is 9.08. The molecule has 0 aliphatic carbocycles. The molecule has 66 valence electrons. The number of aryl methyl sites for hydroxylation is 1. The highest BCUT2D eigenvalue weighted by Crippen LogP contribution is 2.10. The number of aliphatic hydroxyl groups excluding tert-OH is 1. The van der Waals surface area contributed by atoms with Crippen molar-refractivity contribution in [1.29, 1.82) is 0 Å². The van der Waals surface area contributed by atoms with E-state index >= 15 is 0 Å². The smallest absolute Gasteiger partial charge is 0.0434 e. The van der Waals surface area contributed by atoms with Crippen molar-refractivity contribution in [3.63, 3.8) is 0 Å². The van der Waals surface area contributed by atoms with E-state index in [1.54, 1.807) is 0 Å². The van der Waals surface area contributed by atoms with Crippen molar-refractivity contribution in [2.75, 3.05) is 6.61 Å². The van der Waals surface area contributed by atoms with E-state index in [4.69, 9.17) is 5.11 Å². The van der Waals surface area contributed by atoms with E-state index in [-0.39, 0.29) is 6.61 Å². The molecule has 0 unspecified atom stereocenters. The van der Waals surface area contributed by atoms with Crippen LogP contribution in [0.1, 0.15) is 17.5 Å². The normalized spacial score (nSPS) is 10.2. The van der Waals surface area contributed by atoms with Gasteiger partial charge in [-0.15, -0.1) is 0 Å².